The summed E-state index contributed by atoms with van der Waals surface area (Å²) >= 11 is 0. The molecule has 0 amide bonds. The topological polar surface area (TPSA) is 127 Å². The predicted octanol–water partition coefficient (Wildman–Crippen LogP) is 2.85. The van der Waals surface area contributed by atoms with Crippen LogP contribution in [0.1, 0.15) is 110 Å². The molecule has 32 heavy (non-hydrogen) atoms. The van der Waals surface area contributed by atoms with Gasteiger partial charge in [-0.2, -0.15) is 0 Å². The zero-order chi connectivity index (χ0) is 23.3. The molecule has 0 unspecified atom stereocenters. The van der Waals surface area contributed by atoms with E-state index < -0.39 is 37.0 Å². The van der Waals surface area contributed by atoms with Crippen molar-refractivity contribution in [1.82, 2.24) is 0 Å². The Morgan fingerprint density at radius 3 is 1.41 bits per heavy atom. The Kier molecular flexibility index (Phi) is 26.7. The van der Waals surface area contributed by atoms with Gasteiger partial charge in [0.05, 0.1) is 13.2 Å². The standard InChI is InChI=1S/C24H48O7.Ca/c1-2-3-4-5-6-7-8-9-10-11-12-13-14-15-16-17-18-31-24(30)23(29)22(28)21(27)20(26)19-25;/h20-23,25-29H,2-19H2,1H3;/t20-,21-,22+,23-;/m1./s1. The van der Waals surface area contributed by atoms with Crippen LogP contribution in [0.5, 0.6) is 0 Å². The van der Waals surface area contributed by atoms with Gasteiger partial charge in [-0.1, -0.05) is 103 Å². The SMILES string of the molecule is CCCCCCCCCCCCCCCCCCOC(=O)[C@H](O)[C@@H](O)[C@H](O)[C@H](O)CO.[Ca]. The predicted molar refractivity (Wildman–Crippen MR) is 127 cm³/mol. The van der Waals surface area contributed by atoms with E-state index in [9.17, 15) is 25.2 Å². The van der Waals surface area contributed by atoms with Crippen molar-refractivity contribution in [2.45, 2.75) is 134 Å². The van der Waals surface area contributed by atoms with Crippen LogP contribution in [-0.2, 0) is 9.53 Å². The fourth-order valence-electron chi connectivity index (χ4n) is 3.57. The Hall–Kier alpha value is 0.530. The average molecular weight is 489 g/mol. The first-order valence-corrected chi connectivity index (χ1v) is 12.4. The van der Waals surface area contributed by atoms with Crippen LogP contribution in [-0.4, -0.2) is 107 Å². The van der Waals surface area contributed by atoms with Crippen molar-refractivity contribution in [1.29, 1.82) is 0 Å². The minimum Gasteiger partial charge on any atom is -0.464 e. The summed E-state index contributed by atoms with van der Waals surface area (Å²) < 4.78 is 4.90. The Morgan fingerprint density at radius 2 is 1.03 bits per heavy atom. The maximum absolute atomic E-state index is 11.7. The van der Waals surface area contributed by atoms with Crippen molar-refractivity contribution in [2.24, 2.45) is 0 Å². The van der Waals surface area contributed by atoms with Crippen molar-refractivity contribution >= 4 is 43.7 Å². The number of carbonyl (C=O) groups excluding carboxylic acids is 1. The number of hydrogen-bond acceptors (Lipinski definition) is 7. The average Bonchev–Trinajstić information content (AvgIpc) is 2.78. The van der Waals surface area contributed by atoms with E-state index in [0.717, 1.165) is 19.3 Å². The molecule has 0 aliphatic heterocycles. The van der Waals surface area contributed by atoms with E-state index in [1.807, 2.05) is 0 Å². The molecule has 0 aromatic rings. The Labute approximate surface area is 224 Å². The third kappa shape index (κ3) is 18.9. The maximum atomic E-state index is 11.7. The molecule has 7 nitrogen and oxygen atoms in total. The first-order chi connectivity index (χ1) is 15.0. The van der Waals surface area contributed by atoms with Crippen LogP contribution in [0.15, 0.2) is 0 Å². The molecule has 0 aliphatic carbocycles. The number of rotatable bonds is 22. The van der Waals surface area contributed by atoms with Crippen LogP contribution in [0.2, 0.25) is 0 Å². The molecule has 0 bridgehead atoms. The summed E-state index contributed by atoms with van der Waals surface area (Å²) in [5.74, 6) is -1.04. The number of aliphatic hydroxyl groups excluding tert-OH is 5. The molecule has 0 rings (SSSR count). The molecule has 8 heteroatoms. The molecular formula is C24H48CaO7. The van der Waals surface area contributed by atoms with Crippen LogP contribution in [0.25, 0.3) is 0 Å². The first kappa shape index (κ1) is 34.7. The van der Waals surface area contributed by atoms with Crippen LogP contribution in [0.4, 0.5) is 0 Å². The van der Waals surface area contributed by atoms with Gasteiger partial charge in [-0.3, -0.25) is 0 Å². The van der Waals surface area contributed by atoms with Crippen molar-refractivity contribution in [3.8, 4) is 0 Å². The Bertz CT molecular complexity index is 412. The summed E-state index contributed by atoms with van der Waals surface area (Å²) in [7, 11) is 0. The van der Waals surface area contributed by atoms with Crippen LogP contribution >= 0.6 is 0 Å². The fraction of sp³-hybridized carbons (Fsp3) is 0.958. The summed E-state index contributed by atoms with van der Waals surface area (Å²) in [6.07, 6.45) is 12.6. The van der Waals surface area contributed by atoms with Crippen LogP contribution in [0.3, 0.4) is 0 Å². The normalized spacial score (nSPS) is 14.9. The molecule has 0 aromatic carbocycles. The number of carbonyl (C=O) groups is 1. The molecule has 0 spiro atoms. The number of unbranched alkanes of at least 4 members (excludes halogenated alkanes) is 15. The first-order valence-electron chi connectivity index (χ1n) is 12.4. The van der Waals surface area contributed by atoms with Gasteiger partial charge in [0.25, 0.3) is 0 Å². The molecule has 4 atom stereocenters. The fourth-order valence-corrected chi connectivity index (χ4v) is 3.57. The summed E-state index contributed by atoms with van der Waals surface area (Å²) in [5.41, 5.74) is 0. The summed E-state index contributed by atoms with van der Waals surface area (Å²) in [5, 5.41) is 46.7. The molecule has 0 fully saturated rings. The molecule has 0 aromatic heterocycles. The van der Waals surface area contributed by atoms with Crippen molar-refractivity contribution < 1.29 is 35.1 Å². The zero-order valence-corrected chi connectivity index (χ0v) is 22.5. The van der Waals surface area contributed by atoms with E-state index in [4.69, 9.17) is 9.84 Å². The largest absolute Gasteiger partial charge is 0.464 e. The Balaban J connectivity index is 0. The van der Waals surface area contributed by atoms with E-state index in [-0.39, 0.29) is 44.3 Å². The van der Waals surface area contributed by atoms with Gasteiger partial charge in [0.15, 0.2) is 6.10 Å². The quantitative estimate of drug-likeness (QED) is 0.0901. The maximum Gasteiger partial charge on any atom is 0.337 e. The van der Waals surface area contributed by atoms with E-state index in [1.165, 1.54) is 77.0 Å². The van der Waals surface area contributed by atoms with Crippen LogP contribution < -0.4 is 0 Å². The third-order valence-electron chi connectivity index (χ3n) is 5.74. The van der Waals surface area contributed by atoms with E-state index in [1.54, 1.807) is 0 Å². The van der Waals surface area contributed by atoms with E-state index in [0.29, 0.717) is 6.42 Å². The molecule has 0 saturated carbocycles. The number of esters is 1. The number of hydrogen-bond donors (Lipinski definition) is 5. The van der Waals surface area contributed by atoms with Crippen molar-refractivity contribution in [3.63, 3.8) is 0 Å². The minimum absolute atomic E-state index is 0. The second kappa shape index (κ2) is 24.6. The molecule has 188 valence electrons. The summed E-state index contributed by atoms with van der Waals surface area (Å²) in [6.45, 7) is 1.60. The monoisotopic (exact) mass is 488 g/mol. The van der Waals surface area contributed by atoms with E-state index >= 15 is 0 Å². The van der Waals surface area contributed by atoms with Gasteiger partial charge in [0.2, 0.25) is 0 Å². The smallest absolute Gasteiger partial charge is 0.337 e. The number of ether oxygens (including phenoxy) is 1. The molecule has 2 radical (unpaired) electrons. The molecule has 0 saturated heterocycles. The minimum atomic E-state index is -1.96. The number of aliphatic hydroxyl groups is 5. The zero-order valence-electron chi connectivity index (χ0n) is 20.3. The van der Waals surface area contributed by atoms with Gasteiger partial charge in [0.1, 0.15) is 18.3 Å². The molecule has 0 aliphatic rings. The summed E-state index contributed by atoms with van der Waals surface area (Å²) in [4.78, 5) is 11.7. The van der Waals surface area contributed by atoms with Crippen LogP contribution in [0, 0.1) is 0 Å². The van der Waals surface area contributed by atoms with Gasteiger partial charge >= 0.3 is 5.97 Å². The van der Waals surface area contributed by atoms with Crippen molar-refractivity contribution in [2.75, 3.05) is 13.2 Å². The van der Waals surface area contributed by atoms with Gasteiger partial charge in [-0.25, -0.2) is 4.79 Å². The van der Waals surface area contributed by atoms with E-state index in [2.05, 4.69) is 6.92 Å². The van der Waals surface area contributed by atoms with Gasteiger partial charge in [-0.05, 0) is 6.42 Å². The molecule has 5 N–H and O–H groups in total. The van der Waals surface area contributed by atoms with Crippen molar-refractivity contribution in [3.05, 3.63) is 0 Å². The molecular weight excluding hydrogens is 440 g/mol. The van der Waals surface area contributed by atoms with Gasteiger partial charge in [-0.15, -0.1) is 0 Å². The second-order valence-corrected chi connectivity index (χ2v) is 8.65. The summed E-state index contributed by atoms with van der Waals surface area (Å²) in [6, 6.07) is 0. The van der Waals surface area contributed by atoms with Gasteiger partial charge in [0, 0.05) is 37.7 Å². The molecule has 0 heterocycles. The second-order valence-electron chi connectivity index (χ2n) is 8.65. The Morgan fingerprint density at radius 1 is 0.656 bits per heavy atom. The van der Waals surface area contributed by atoms with Gasteiger partial charge < -0.3 is 30.3 Å². The third-order valence-corrected chi connectivity index (χ3v) is 5.74.